The Morgan fingerprint density at radius 1 is 1.06 bits per heavy atom. The van der Waals surface area contributed by atoms with Crippen LogP contribution < -0.4 is 10.6 Å². The van der Waals surface area contributed by atoms with Crippen LogP contribution in [0.4, 0.5) is 10.5 Å². The number of primary amides is 1. The van der Waals surface area contributed by atoms with Crippen LogP contribution in [0.3, 0.4) is 0 Å². The Hall–Kier alpha value is -4.21. The van der Waals surface area contributed by atoms with Crippen molar-refractivity contribution >= 4 is 41.0 Å². The number of ketones is 2. The van der Waals surface area contributed by atoms with E-state index in [-0.39, 0.29) is 55.8 Å². The normalized spacial score (nSPS) is 26.5. The van der Waals surface area contributed by atoms with Crippen LogP contribution in [0.5, 0.6) is 5.75 Å². The number of aromatic hydroxyl groups is 1. The van der Waals surface area contributed by atoms with Crippen molar-refractivity contribution in [2.24, 2.45) is 28.9 Å². The molecular weight excluding hydrogens is 640 g/mol. The van der Waals surface area contributed by atoms with Crippen molar-refractivity contribution in [3.63, 3.8) is 0 Å². The number of fused-ring (bicyclic) bond motifs is 3. The maximum atomic E-state index is 14.3. The molecule has 3 aliphatic carbocycles. The van der Waals surface area contributed by atoms with Crippen LogP contribution in [0, 0.1) is 23.2 Å². The van der Waals surface area contributed by atoms with Crippen molar-refractivity contribution in [3.8, 4) is 5.75 Å². The molecule has 6 atom stereocenters. The minimum atomic E-state index is -2.78. The summed E-state index contributed by atoms with van der Waals surface area (Å²) >= 11 is 0. The number of aliphatic hydroxyl groups excluding tert-OH is 2. The molecule has 0 aliphatic heterocycles. The molecule has 0 spiro atoms. The number of nitrogens with zero attached hydrogens (tertiary/aromatic N) is 3. The molecule has 49 heavy (non-hydrogen) atoms. The first-order chi connectivity index (χ1) is 22.6. The van der Waals surface area contributed by atoms with Gasteiger partial charge in [0.25, 0.3) is 0 Å². The number of hydrogen-bond donors (Lipinski definition) is 5. The molecule has 6 N–H and O–H groups in total. The number of carbonyl (C=O) groups is 5. The maximum absolute atomic E-state index is 14.3. The molecule has 0 saturated heterocycles. The van der Waals surface area contributed by atoms with Crippen molar-refractivity contribution in [2.75, 3.05) is 52.8 Å². The highest BCUT2D eigenvalue weighted by Crippen LogP contribution is 2.53. The molecule has 0 heterocycles. The number of esters is 1. The van der Waals surface area contributed by atoms with Crippen molar-refractivity contribution < 1.29 is 53.9 Å². The van der Waals surface area contributed by atoms with E-state index < -0.39 is 82.0 Å². The summed E-state index contributed by atoms with van der Waals surface area (Å²) in [6, 6.07) is 0.685. The third-order valence-corrected chi connectivity index (χ3v) is 9.52. The predicted octanol–water partition coefficient (Wildman–Crippen LogP) is 0.743. The predicted molar refractivity (Wildman–Crippen MR) is 176 cm³/mol. The van der Waals surface area contributed by atoms with Gasteiger partial charge in [0.2, 0.25) is 11.7 Å². The number of amides is 2. The van der Waals surface area contributed by atoms with Crippen LogP contribution in [0.2, 0.25) is 0 Å². The molecule has 2 amide bonds. The highest BCUT2D eigenvalue weighted by molar-refractivity contribution is 6.25. The topological polar surface area (TPSA) is 220 Å². The summed E-state index contributed by atoms with van der Waals surface area (Å²) < 4.78 is 10.2. The Labute approximate surface area is 285 Å². The number of rotatable bonds is 9. The maximum Gasteiger partial charge on any atom is 0.410 e. The lowest BCUT2D eigenvalue weighted by Crippen LogP contribution is -2.73. The van der Waals surface area contributed by atoms with Crippen molar-refractivity contribution in [1.82, 2.24) is 9.80 Å². The van der Waals surface area contributed by atoms with Gasteiger partial charge in [0.05, 0.1) is 18.2 Å². The summed E-state index contributed by atoms with van der Waals surface area (Å²) in [6.45, 7) is 6.64. The number of nitrogens with two attached hydrogens (primary N) is 1. The van der Waals surface area contributed by atoms with Gasteiger partial charge in [0.1, 0.15) is 30.6 Å². The minimum Gasteiger partial charge on any atom is -0.507 e. The first-order valence-corrected chi connectivity index (χ1v) is 16.1. The average molecular weight is 689 g/mol. The van der Waals surface area contributed by atoms with Crippen molar-refractivity contribution in [2.45, 2.75) is 64.8 Å². The number of ether oxygens (including phenoxy) is 2. The zero-order valence-electron chi connectivity index (χ0n) is 29.3. The Balaban J connectivity index is 1.83. The monoisotopic (exact) mass is 688 g/mol. The summed E-state index contributed by atoms with van der Waals surface area (Å²) in [4.78, 5) is 69.2. The number of phenols is 1. The van der Waals surface area contributed by atoms with E-state index in [0.29, 0.717) is 11.3 Å². The van der Waals surface area contributed by atoms with E-state index >= 15 is 0 Å². The number of phenolic OH excluding ortho intramolecular Hbond substituents is 1. The second-order valence-corrected chi connectivity index (χ2v) is 14.8. The number of likely N-dealkylation sites (N-methyl/N-ethyl adjacent to an activating group) is 1. The Morgan fingerprint density at radius 3 is 2.20 bits per heavy atom. The summed E-state index contributed by atoms with van der Waals surface area (Å²) in [5, 5.41) is 46.5. The standard InChI is InChI=1S/C34H48N4O11/c1-16(39)48-9-10-49-32(46)38(15-33(2,3)4)14-18-13-21(36(5)6)19-11-17-12-20-25(37(7)8)28(42)24(31(35)45)30(44)34(20,47)29(43)22(17)27(41)23(19)26(18)40/h13,17,20,24-25,28,40-42,47H,9-12,14-15H2,1-8H3,(H2,35,45)/t17-,20-,24?,25-,28?,34-/m1/s1. The van der Waals surface area contributed by atoms with E-state index in [0.717, 1.165) is 0 Å². The van der Waals surface area contributed by atoms with Gasteiger partial charge in [-0.05, 0) is 49.9 Å². The molecule has 2 fully saturated rings. The zero-order valence-corrected chi connectivity index (χ0v) is 29.3. The van der Waals surface area contributed by atoms with E-state index in [4.69, 9.17) is 15.2 Å². The summed E-state index contributed by atoms with van der Waals surface area (Å²) in [7, 11) is 6.70. The molecular formula is C34H48N4O11. The van der Waals surface area contributed by atoms with Gasteiger partial charge in [-0.1, -0.05) is 20.8 Å². The molecule has 3 aliphatic rings. The van der Waals surface area contributed by atoms with Gasteiger partial charge >= 0.3 is 12.1 Å². The largest absolute Gasteiger partial charge is 0.507 e. The van der Waals surface area contributed by atoms with E-state index in [9.17, 15) is 44.4 Å². The van der Waals surface area contributed by atoms with Crippen LogP contribution in [-0.2, 0) is 41.6 Å². The average Bonchev–Trinajstić information content (AvgIpc) is 2.96. The van der Waals surface area contributed by atoms with E-state index in [2.05, 4.69) is 0 Å². The highest BCUT2D eigenvalue weighted by Gasteiger charge is 2.67. The first-order valence-electron chi connectivity index (χ1n) is 16.1. The number of aliphatic hydroxyl groups is 3. The lowest BCUT2D eigenvalue weighted by atomic mass is 9.54. The second kappa shape index (κ2) is 13.6. The molecule has 2 saturated carbocycles. The fourth-order valence-corrected chi connectivity index (χ4v) is 7.59. The fraction of sp³-hybridized carbons (Fsp3) is 0.618. The van der Waals surface area contributed by atoms with Gasteiger partial charge in [-0.15, -0.1) is 0 Å². The Morgan fingerprint density at radius 2 is 1.67 bits per heavy atom. The van der Waals surface area contributed by atoms with E-state index in [1.54, 1.807) is 39.2 Å². The van der Waals surface area contributed by atoms with Crippen LogP contribution in [0.15, 0.2) is 11.6 Å². The molecule has 2 unspecified atom stereocenters. The fourth-order valence-electron chi connectivity index (χ4n) is 7.59. The first kappa shape index (κ1) is 37.6. The van der Waals surface area contributed by atoms with Gasteiger partial charge in [0, 0.05) is 56.3 Å². The number of anilines is 1. The van der Waals surface area contributed by atoms with Gasteiger partial charge < -0.3 is 50.3 Å². The molecule has 0 radical (unpaired) electrons. The van der Waals surface area contributed by atoms with Gasteiger partial charge in [-0.3, -0.25) is 19.2 Å². The molecule has 270 valence electrons. The molecule has 0 aromatic heterocycles. The van der Waals surface area contributed by atoms with Gasteiger partial charge in [-0.2, -0.15) is 0 Å². The number of hydrogen-bond acceptors (Lipinski definition) is 13. The molecule has 15 heteroatoms. The third kappa shape index (κ3) is 6.83. The highest BCUT2D eigenvalue weighted by atomic mass is 16.6. The van der Waals surface area contributed by atoms with E-state index in [1.165, 1.54) is 16.7 Å². The third-order valence-electron chi connectivity index (χ3n) is 9.52. The number of benzene rings is 1. The quantitative estimate of drug-likeness (QED) is 0.138. The summed E-state index contributed by atoms with van der Waals surface area (Å²) in [6.07, 6.45) is -2.20. The zero-order chi connectivity index (χ0) is 36.9. The van der Waals surface area contributed by atoms with Gasteiger partial charge in [0.15, 0.2) is 11.4 Å². The van der Waals surface area contributed by atoms with Crippen LogP contribution in [-0.4, -0.2) is 125 Å². The van der Waals surface area contributed by atoms with Crippen LogP contribution in [0.25, 0.3) is 5.76 Å². The number of Topliss-reactive ketones (excluding diaryl/α,β-unsaturated/α-hetero) is 2. The molecule has 15 nitrogen and oxygen atoms in total. The lowest BCUT2D eigenvalue weighted by molar-refractivity contribution is -0.184. The minimum absolute atomic E-state index is 0.00781. The summed E-state index contributed by atoms with van der Waals surface area (Å²) in [5.74, 6) is -8.83. The Kier molecular flexibility index (Phi) is 10.4. The molecule has 1 aromatic rings. The van der Waals surface area contributed by atoms with Crippen LogP contribution in [0.1, 0.15) is 50.8 Å². The van der Waals surface area contributed by atoms with Gasteiger partial charge in [-0.25, -0.2) is 4.79 Å². The van der Waals surface area contributed by atoms with E-state index in [1.807, 2.05) is 20.8 Å². The molecule has 0 bridgehead atoms. The molecule has 4 rings (SSSR count). The lowest BCUT2D eigenvalue weighted by Gasteiger charge is -2.53. The van der Waals surface area contributed by atoms with Crippen molar-refractivity contribution in [1.29, 1.82) is 0 Å². The van der Waals surface area contributed by atoms with Crippen LogP contribution >= 0.6 is 0 Å². The smallest absolute Gasteiger partial charge is 0.410 e. The second-order valence-electron chi connectivity index (χ2n) is 14.8. The number of carbonyl (C=O) groups excluding carboxylic acids is 5. The Bertz CT molecular complexity index is 1580. The van der Waals surface area contributed by atoms with Crippen molar-refractivity contribution in [3.05, 3.63) is 28.3 Å². The molecule has 1 aromatic carbocycles. The summed E-state index contributed by atoms with van der Waals surface area (Å²) in [5.41, 5.74) is 3.23. The SMILES string of the molecule is CC(=O)OCCOC(=O)N(Cc1cc(N(C)C)c2c(c1O)C(O)=C1C(=O)[C@@]3(O)C(=O)C(C(N)=O)C(O)[C@H](N(C)C)[C@H]3C[C@H]1C2)CC(C)(C)C.